The van der Waals surface area contributed by atoms with E-state index in [4.69, 9.17) is 14.9 Å². The molecule has 0 aromatic rings. The van der Waals surface area contributed by atoms with Crippen LogP contribution in [0.25, 0.3) is 0 Å². The second-order valence-corrected chi connectivity index (χ2v) is 2.37. The number of hydrogen-bond donors (Lipinski definition) is 2. The molecule has 0 spiro atoms. The van der Waals surface area contributed by atoms with E-state index in [-0.39, 0.29) is 30.8 Å². The molecule has 0 radical (unpaired) electrons. The van der Waals surface area contributed by atoms with Crippen molar-refractivity contribution in [2.24, 2.45) is 0 Å². The van der Waals surface area contributed by atoms with Crippen molar-refractivity contribution in [3.05, 3.63) is 11.1 Å². The molecule has 0 fully saturated rings. The molecular formula is C7H8O5. The molecule has 12 heavy (non-hydrogen) atoms. The predicted octanol–water partition coefficient (Wildman–Crippen LogP) is -0.127. The van der Waals surface area contributed by atoms with Gasteiger partial charge < -0.3 is 14.9 Å². The second-order valence-electron chi connectivity index (χ2n) is 2.37. The number of carboxylic acids is 2. The second kappa shape index (κ2) is 3.36. The van der Waals surface area contributed by atoms with E-state index >= 15 is 0 Å². The van der Waals surface area contributed by atoms with Crippen molar-refractivity contribution in [3.8, 4) is 0 Å². The van der Waals surface area contributed by atoms with Crippen molar-refractivity contribution in [2.75, 3.05) is 13.2 Å². The van der Waals surface area contributed by atoms with Gasteiger partial charge in [0, 0.05) is 6.42 Å². The van der Waals surface area contributed by atoms with Gasteiger partial charge in [-0.1, -0.05) is 0 Å². The summed E-state index contributed by atoms with van der Waals surface area (Å²) in [5.74, 6) is -2.39. The molecule has 1 rings (SSSR count). The Kier molecular flexibility index (Phi) is 2.44. The smallest absolute Gasteiger partial charge is 0.334 e. The lowest BCUT2D eigenvalue weighted by Gasteiger charge is -2.14. The van der Waals surface area contributed by atoms with Crippen LogP contribution in [0.15, 0.2) is 11.1 Å². The highest BCUT2D eigenvalue weighted by Crippen LogP contribution is 2.15. The summed E-state index contributed by atoms with van der Waals surface area (Å²) in [5.41, 5.74) is -0.192. The number of carboxylic acid groups (broad SMARTS) is 2. The van der Waals surface area contributed by atoms with Crippen LogP contribution in [0.1, 0.15) is 6.42 Å². The van der Waals surface area contributed by atoms with Gasteiger partial charge in [-0.3, -0.25) is 0 Å². The van der Waals surface area contributed by atoms with Gasteiger partial charge in [0.1, 0.15) is 0 Å². The molecule has 0 bridgehead atoms. The Labute approximate surface area is 68.3 Å². The highest BCUT2D eigenvalue weighted by Gasteiger charge is 2.23. The highest BCUT2D eigenvalue weighted by atomic mass is 16.5. The van der Waals surface area contributed by atoms with Gasteiger partial charge >= 0.3 is 11.9 Å². The van der Waals surface area contributed by atoms with Crippen LogP contribution in [-0.2, 0) is 14.3 Å². The number of rotatable bonds is 2. The lowest BCUT2D eigenvalue weighted by Crippen LogP contribution is -2.21. The van der Waals surface area contributed by atoms with E-state index in [1.54, 1.807) is 0 Å². The number of aliphatic carboxylic acids is 2. The number of ether oxygens (including phenoxy) is 1. The third-order valence-electron chi connectivity index (χ3n) is 1.62. The van der Waals surface area contributed by atoms with Crippen LogP contribution in [0.2, 0.25) is 0 Å². The van der Waals surface area contributed by atoms with Gasteiger partial charge in [-0.05, 0) is 0 Å². The van der Waals surface area contributed by atoms with Crippen LogP contribution in [0, 0.1) is 0 Å². The summed E-state index contributed by atoms with van der Waals surface area (Å²) in [7, 11) is 0. The zero-order valence-electron chi connectivity index (χ0n) is 6.24. The van der Waals surface area contributed by atoms with Gasteiger partial charge in [0.05, 0.1) is 24.4 Å². The molecule has 0 aliphatic carbocycles. The van der Waals surface area contributed by atoms with Crippen LogP contribution >= 0.6 is 0 Å². The van der Waals surface area contributed by atoms with Crippen molar-refractivity contribution < 1.29 is 24.5 Å². The van der Waals surface area contributed by atoms with Crippen LogP contribution < -0.4 is 0 Å². The minimum atomic E-state index is -1.22. The maximum atomic E-state index is 10.5. The third-order valence-corrected chi connectivity index (χ3v) is 1.62. The first-order valence-corrected chi connectivity index (χ1v) is 3.39. The zero-order chi connectivity index (χ0) is 9.14. The largest absolute Gasteiger partial charge is 0.478 e. The first-order chi connectivity index (χ1) is 5.63. The Balaban J connectivity index is 2.99. The highest BCUT2D eigenvalue weighted by molar-refractivity contribution is 5.99. The summed E-state index contributed by atoms with van der Waals surface area (Å²) in [6, 6.07) is 0. The summed E-state index contributed by atoms with van der Waals surface area (Å²) in [5, 5.41) is 17.1. The molecular weight excluding hydrogens is 164 g/mol. The Morgan fingerprint density at radius 3 is 2.17 bits per heavy atom. The van der Waals surface area contributed by atoms with Crippen LogP contribution in [0.5, 0.6) is 0 Å². The topological polar surface area (TPSA) is 83.8 Å². The first-order valence-electron chi connectivity index (χ1n) is 3.39. The fraction of sp³-hybridized carbons (Fsp3) is 0.429. The number of hydrogen-bond acceptors (Lipinski definition) is 3. The van der Waals surface area contributed by atoms with Crippen molar-refractivity contribution in [1.29, 1.82) is 0 Å². The lowest BCUT2D eigenvalue weighted by molar-refractivity contribution is -0.137. The van der Waals surface area contributed by atoms with Crippen molar-refractivity contribution >= 4 is 11.9 Å². The molecule has 0 atom stereocenters. The van der Waals surface area contributed by atoms with Crippen LogP contribution in [0.4, 0.5) is 0 Å². The summed E-state index contributed by atoms with van der Waals surface area (Å²) < 4.78 is 4.82. The molecule has 0 unspecified atom stereocenters. The average Bonchev–Trinajstić information content (AvgIpc) is 2.04. The van der Waals surface area contributed by atoms with Gasteiger partial charge in [-0.25, -0.2) is 9.59 Å². The molecule has 66 valence electrons. The molecule has 0 aromatic carbocycles. The molecule has 0 aromatic heterocycles. The standard InChI is InChI=1S/C7H8O5/c8-6(9)4-1-2-12-3-5(4)7(10)11/h1-3H2,(H,8,9)(H,10,11). The zero-order valence-corrected chi connectivity index (χ0v) is 6.24. The minimum Gasteiger partial charge on any atom is -0.478 e. The molecule has 5 heteroatoms. The molecule has 5 nitrogen and oxygen atoms in total. The van der Waals surface area contributed by atoms with Crippen molar-refractivity contribution in [1.82, 2.24) is 0 Å². The van der Waals surface area contributed by atoms with Gasteiger partial charge in [-0.2, -0.15) is 0 Å². The molecule has 1 heterocycles. The fourth-order valence-electron chi connectivity index (χ4n) is 1.01. The molecule has 2 N–H and O–H groups in total. The summed E-state index contributed by atoms with van der Waals surface area (Å²) >= 11 is 0. The van der Waals surface area contributed by atoms with E-state index < -0.39 is 11.9 Å². The fourth-order valence-corrected chi connectivity index (χ4v) is 1.01. The maximum Gasteiger partial charge on any atom is 0.334 e. The van der Waals surface area contributed by atoms with E-state index in [0.717, 1.165) is 0 Å². The third kappa shape index (κ3) is 1.62. The van der Waals surface area contributed by atoms with E-state index in [2.05, 4.69) is 0 Å². The monoisotopic (exact) mass is 172 g/mol. The SMILES string of the molecule is O=C(O)C1=C(C(=O)O)COCC1. The van der Waals surface area contributed by atoms with Crippen LogP contribution in [0.3, 0.4) is 0 Å². The molecule has 0 amide bonds. The Morgan fingerprint density at radius 1 is 1.17 bits per heavy atom. The van der Waals surface area contributed by atoms with E-state index in [1.165, 1.54) is 0 Å². The molecule has 1 aliphatic rings. The van der Waals surface area contributed by atoms with E-state index in [1.807, 2.05) is 0 Å². The number of carbonyl (C=O) groups is 2. The minimum absolute atomic E-state index is 0.0475. The van der Waals surface area contributed by atoms with Gasteiger partial charge in [0.15, 0.2) is 0 Å². The van der Waals surface area contributed by atoms with Gasteiger partial charge in [-0.15, -0.1) is 0 Å². The summed E-state index contributed by atoms with van der Waals surface area (Å²) in [4.78, 5) is 21.0. The molecule has 0 saturated carbocycles. The summed E-state index contributed by atoms with van der Waals surface area (Å²) in [6.45, 7) is 0.162. The van der Waals surface area contributed by atoms with E-state index in [0.29, 0.717) is 0 Å². The maximum absolute atomic E-state index is 10.5. The molecule has 0 saturated heterocycles. The Hall–Kier alpha value is -1.36. The summed E-state index contributed by atoms with van der Waals surface area (Å²) in [6.07, 6.45) is 0.164. The lowest BCUT2D eigenvalue weighted by atomic mass is 10.0. The van der Waals surface area contributed by atoms with Crippen molar-refractivity contribution in [3.63, 3.8) is 0 Å². The van der Waals surface area contributed by atoms with Crippen LogP contribution in [-0.4, -0.2) is 35.4 Å². The van der Waals surface area contributed by atoms with E-state index in [9.17, 15) is 9.59 Å². The Morgan fingerprint density at radius 2 is 1.75 bits per heavy atom. The quantitative estimate of drug-likeness (QED) is 0.606. The predicted molar refractivity (Wildman–Crippen MR) is 37.7 cm³/mol. The normalized spacial score (nSPS) is 17.7. The molecule has 1 aliphatic heterocycles. The van der Waals surface area contributed by atoms with Gasteiger partial charge in [0.25, 0.3) is 0 Å². The average molecular weight is 172 g/mol. The van der Waals surface area contributed by atoms with Crippen molar-refractivity contribution in [2.45, 2.75) is 6.42 Å². The first kappa shape index (κ1) is 8.73. The Bertz CT molecular complexity index is 227. The van der Waals surface area contributed by atoms with Gasteiger partial charge in [0.2, 0.25) is 0 Å².